The van der Waals surface area contributed by atoms with Crippen molar-refractivity contribution in [3.05, 3.63) is 16.4 Å². The van der Waals surface area contributed by atoms with Crippen molar-refractivity contribution in [3.8, 4) is 0 Å². The van der Waals surface area contributed by atoms with Crippen LogP contribution in [0.3, 0.4) is 0 Å². The number of hydrogen-bond donors (Lipinski definition) is 3. The Balaban J connectivity index is 2.19. The Kier molecular flexibility index (Phi) is 2.57. The highest BCUT2D eigenvalue weighted by molar-refractivity contribution is 5.67. The highest BCUT2D eigenvalue weighted by Gasteiger charge is 2.30. The van der Waals surface area contributed by atoms with E-state index in [-0.39, 0.29) is 29.5 Å². The molecule has 8 heteroatoms. The van der Waals surface area contributed by atoms with E-state index >= 15 is 0 Å². The van der Waals surface area contributed by atoms with Crippen molar-refractivity contribution in [1.82, 2.24) is 9.97 Å². The summed E-state index contributed by atoms with van der Waals surface area (Å²) in [4.78, 5) is 17.5. The zero-order valence-electron chi connectivity index (χ0n) is 8.33. The largest absolute Gasteiger partial charge is 0.393 e. The van der Waals surface area contributed by atoms with Crippen LogP contribution < -0.4 is 11.1 Å². The van der Waals surface area contributed by atoms with Crippen LogP contribution in [-0.4, -0.2) is 32.1 Å². The van der Waals surface area contributed by atoms with Gasteiger partial charge < -0.3 is 16.2 Å². The van der Waals surface area contributed by atoms with E-state index in [0.717, 1.165) is 0 Å². The molecule has 1 aromatic rings. The Hall–Kier alpha value is -1.96. The summed E-state index contributed by atoms with van der Waals surface area (Å²) >= 11 is 0. The van der Waals surface area contributed by atoms with E-state index in [1.807, 2.05) is 0 Å². The first-order valence-corrected chi connectivity index (χ1v) is 4.77. The third kappa shape index (κ3) is 1.87. The maximum Gasteiger partial charge on any atom is 0.352 e. The van der Waals surface area contributed by atoms with Gasteiger partial charge in [0, 0.05) is 6.04 Å². The molecule has 0 atom stereocenters. The van der Waals surface area contributed by atoms with Crippen LogP contribution in [0.2, 0.25) is 0 Å². The van der Waals surface area contributed by atoms with Crippen molar-refractivity contribution in [3.63, 3.8) is 0 Å². The normalized spacial score (nSPS) is 23.6. The Morgan fingerprint density at radius 2 is 2.25 bits per heavy atom. The summed E-state index contributed by atoms with van der Waals surface area (Å²) in [7, 11) is 0. The van der Waals surface area contributed by atoms with Crippen molar-refractivity contribution >= 4 is 17.3 Å². The van der Waals surface area contributed by atoms with Gasteiger partial charge in [0.2, 0.25) is 11.6 Å². The molecule has 1 saturated carbocycles. The quantitative estimate of drug-likeness (QED) is 0.484. The first kappa shape index (κ1) is 10.6. The van der Waals surface area contributed by atoms with E-state index in [4.69, 9.17) is 10.8 Å². The zero-order chi connectivity index (χ0) is 11.7. The average Bonchev–Trinajstić information content (AvgIpc) is 2.14. The smallest absolute Gasteiger partial charge is 0.352 e. The van der Waals surface area contributed by atoms with Crippen LogP contribution in [0.1, 0.15) is 12.8 Å². The molecule has 2 rings (SSSR count). The standard InChI is InChI=1S/C8H11N5O3/c9-7-6(13(15)16)8(11-3-10-7)12-4-1-5(14)2-4/h3-5,14H,1-2H2,(H3,9,10,11,12). The first-order valence-electron chi connectivity index (χ1n) is 4.77. The molecule has 0 saturated heterocycles. The molecule has 4 N–H and O–H groups in total. The summed E-state index contributed by atoms with van der Waals surface area (Å²) in [6.07, 6.45) is 1.94. The molecule has 0 radical (unpaired) electrons. The Morgan fingerprint density at radius 3 is 2.81 bits per heavy atom. The lowest BCUT2D eigenvalue weighted by atomic mass is 9.89. The number of nitrogen functional groups attached to an aromatic ring is 1. The van der Waals surface area contributed by atoms with Crippen LogP contribution in [0.4, 0.5) is 17.3 Å². The van der Waals surface area contributed by atoms with Gasteiger partial charge >= 0.3 is 5.69 Å². The fourth-order valence-electron chi connectivity index (χ4n) is 1.58. The van der Waals surface area contributed by atoms with Crippen molar-refractivity contribution in [1.29, 1.82) is 0 Å². The van der Waals surface area contributed by atoms with Gasteiger partial charge in [0.25, 0.3) is 0 Å². The number of nitro groups is 1. The lowest BCUT2D eigenvalue weighted by Crippen LogP contribution is -2.39. The second kappa shape index (κ2) is 3.89. The number of rotatable bonds is 3. The SMILES string of the molecule is Nc1ncnc(NC2CC(O)C2)c1[N+](=O)[O-]. The number of aromatic nitrogens is 2. The lowest BCUT2D eigenvalue weighted by Gasteiger charge is -2.32. The lowest BCUT2D eigenvalue weighted by molar-refractivity contribution is -0.383. The monoisotopic (exact) mass is 225 g/mol. The highest BCUT2D eigenvalue weighted by atomic mass is 16.6. The van der Waals surface area contributed by atoms with Crippen molar-refractivity contribution in [2.24, 2.45) is 0 Å². The number of aliphatic hydroxyl groups is 1. The summed E-state index contributed by atoms with van der Waals surface area (Å²) in [5.74, 6) is -0.0585. The summed E-state index contributed by atoms with van der Waals surface area (Å²) in [5, 5.41) is 22.7. The number of nitrogens with one attached hydrogen (secondary N) is 1. The van der Waals surface area contributed by atoms with Gasteiger partial charge in [0.05, 0.1) is 11.0 Å². The number of anilines is 2. The van der Waals surface area contributed by atoms with E-state index in [0.29, 0.717) is 12.8 Å². The fourth-order valence-corrected chi connectivity index (χ4v) is 1.58. The number of hydrogen-bond acceptors (Lipinski definition) is 7. The van der Waals surface area contributed by atoms with Crippen LogP contribution in [-0.2, 0) is 0 Å². The molecule has 0 aromatic carbocycles. The van der Waals surface area contributed by atoms with Crippen molar-refractivity contribution in [2.45, 2.75) is 25.0 Å². The van der Waals surface area contributed by atoms with E-state index in [2.05, 4.69) is 15.3 Å². The molecule has 86 valence electrons. The number of nitrogens with zero attached hydrogens (tertiary/aromatic N) is 3. The summed E-state index contributed by atoms with van der Waals surface area (Å²) in [6, 6.07) is 0.00278. The maximum atomic E-state index is 10.8. The molecule has 1 aliphatic carbocycles. The third-order valence-electron chi connectivity index (χ3n) is 2.49. The van der Waals surface area contributed by atoms with E-state index < -0.39 is 4.92 Å². The minimum Gasteiger partial charge on any atom is -0.393 e. The van der Waals surface area contributed by atoms with Crippen molar-refractivity contribution in [2.75, 3.05) is 11.1 Å². The first-order chi connectivity index (χ1) is 7.58. The molecule has 1 fully saturated rings. The number of aliphatic hydroxyl groups excluding tert-OH is 1. The minimum absolute atomic E-state index is 0.00278. The molecule has 1 aromatic heterocycles. The average molecular weight is 225 g/mol. The molecule has 0 bridgehead atoms. The second-order valence-electron chi connectivity index (χ2n) is 3.68. The molecular weight excluding hydrogens is 214 g/mol. The van der Waals surface area contributed by atoms with Crippen LogP contribution in [0.25, 0.3) is 0 Å². The highest BCUT2D eigenvalue weighted by Crippen LogP contribution is 2.30. The minimum atomic E-state index is -0.618. The van der Waals surface area contributed by atoms with Crippen LogP contribution in [0.5, 0.6) is 0 Å². The van der Waals surface area contributed by atoms with Crippen LogP contribution >= 0.6 is 0 Å². The molecule has 0 spiro atoms. The summed E-state index contributed by atoms with van der Waals surface area (Å²) < 4.78 is 0. The van der Waals surface area contributed by atoms with Crippen LogP contribution in [0.15, 0.2) is 6.33 Å². The number of nitrogens with two attached hydrogens (primary N) is 1. The van der Waals surface area contributed by atoms with Gasteiger partial charge in [-0.3, -0.25) is 10.1 Å². The van der Waals surface area contributed by atoms with Gasteiger partial charge in [-0.05, 0) is 12.8 Å². The van der Waals surface area contributed by atoms with Gasteiger partial charge in [-0.1, -0.05) is 0 Å². The molecule has 0 aliphatic heterocycles. The predicted octanol–water partition coefficient (Wildman–Crippen LogP) is -0.0978. The van der Waals surface area contributed by atoms with Gasteiger partial charge in [-0.2, -0.15) is 0 Å². The molecule has 16 heavy (non-hydrogen) atoms. The second-order valence-corrected chi connectivity index (χ2v) is 3.68. The fraction of sp³-hybridized carbons (Fsp3) is 0.500. The van der Waals surface area contributed by atoms with Gasteiger partial charge in [0.1, 0.15) is 6.33 Å². The van der Waals surface area contributed by atoms with Crippen molar-refractivity contribution < 1.29 is 10.0 Å². The van der Waals surface area contributed by atoms with E-state index in [1.165, 1.54) is 6.33 Å². The van der Waals surface area contributed by atoms with Crippen LogP contribution in [0, 0.1) is 10.1 Å². The van der Waals surface area contributed by atoms with E-state index in [1.54, 1.807) is 0 Å². The van der Waals surface area contributed by atoms with Gasteiger partial charge in [0.15, 0.2) is 0 Å². The molecule has 1 heterocycles. The Morgan fingerprint density at radius 1 is 1.56 bits per heavy atom. The zero-order valence-corrected chi connectivity index (χ0v) is 8.33. The topological polar surface area (TPSA) is 127 Å². The third-order valence-corrected chi connectivity index (χ3v) is 2.49. The molecular formula is C8H11N5O3. The molecule has 1 aliphatic rings. The van der Waals surface area contributed by atoms with Gasteiger partial charge in [-0.25, -0.2) is 9.97 Å². The maximum absolute atomic E-state index is 10.8. The summed E-state index contributed by atoms with van der Waals surface area (Å²) in [5.41, 5.74) is 5.09. The Bertz CT molecular complexity index is 418. The predicted molar refractivity (Wildman–Crippen MR) is 55.8 cm³/mol. The van der Waals surface area contributed by atoms with E-state index in [9.17, 15) is 10.1 Å². The Labute approximate surface area is 90.7 Å². The molecule has 8 nitrogen and oxygen atoms in total. The summed E-state index contributed by atoms with van der Waals surface area (Å²) in [6.45, 7) is 0. The molecule has 0 unspecified atom stereocenters. The molecule has 0 amide bonds. The van der Waals surface area contributed by atoms with Gasteiger partial charge in [-0.15, -0.1) is 0 Å².